The normalized spacial score (nSPS) is 11.9. The number of nitrogens with zero attached hydrogens (tertiary/aromatic N) is 1. The Hall–Kier alpha value is -2.07. The maximum atomic E-state index is 5.98. The summed E-state index contributed by atoms with van der Waals surface area (Å²) in [4.78, 5) is 4.01. The molecule has 0 fully saturated rings. The van der Waals surface area contributed by atoms with Crippen molar-refractivity contribution < 1.29 is 9.47 Å². The maximum absolute atomic E-state index is 5.98. The van der Waals surface area contributed by atoms with E-state index in [1.165, 1.54) is 0 Å². The molecule has 0 saturated heterocycles. The van der Waals surface area contributed by atoms with E-state index < -0.39 is 0 Å². The van der Waals surface area contributed by atoms with E-state index in [1.54, 1.807) is 19.5 Å². The lowest BCUT2D eigenvalue weighted by atomic mass is 10.1. The van der Waals surface area contributed by atoms with Crippen molar-refractivity contribution in [3.8, 4) is 11.5 Å². The third-order valence-electron chi connectivity index (χ3n) is 2.84. The summed E-state index contributed by atoms with van der Waals surface area (Å²) in [5.41, 5.74) is 6.73. The zero-order valence-electron chi connectivity index (χ0n) is 11.0. The van der Waals surface area contributed by atoms with Crippen molar-refractivity contribution in [2.24, 2.45) is 5.73 Å². The lowest BCUT2D eigenvalue weighted by Gasteiger charge is -2.19. The highest BCUT2D eigenvalue weighted by molar-refractivity contribution is 5.31. The molecule has 0 aliphatic carbocycles. The summed E-state index contributed by atoms with van der Waals surface area (Å²) in [5.74, 6) is 1.61. The van der Waals surface area contributed by atoms with Crippen LogP contribution < -0.4 is 15.2 Å². The van der Waals surface area contributed by atoms with E-state index in [2.05, 4.69) is 4.98 Å². The van der Waals surface area contributed by atoms with Crippen molar-refractivity contribution in [2.45, 2.75) is 12.5 Å². The Bertz CT molecular complexity index is 485. The molecular formula is C15H18N2O2. The van der Waals surface area contributed by atoms with Gasteiger partial charge in [0.15, 0.2) is 0 Å². The fraction of sp³-hybridized carbons (Fsp3) is 0.267. The van der Waals surface area contributed by atoms with Gasteiger partial charge >= 0.3 is 0 Å². The van der Waals surface area contributed by atoms with E-state index in [0.29, 0.717) is 6.54 Å². The van der Waals surface area contributed by atoms with Gasteiger partial charge in [-0.05, 0) is 48.5 Å². The van der Waals surface area contributed by atoms with Gasteiger partial charge in [0.05, 0.1) is 7.11 Å². The molecule has 2 N–H and O–H groups in total. The van der Waals surface area contributed by atoms with Gasteiger partial charge in [-0.15, -0.1) is 0 Å². The van der Waals surface area contributed by atoms with Crippen molar-refractivity contribution in [3.63, 3.8) is 0 Å². The van der Waals surface area contributed by atoms with Crippen LogP contribution in [0, 0.1) is 0 Å². The largest absolute Gasteiger partial charge is 0.497 e. The molecular weight excluding hydrogens is 240 g/mol. The summed E-state index contributed by atoms with van der Waals surface area (Å²) in [5, 5.41) is 0. The summed E-state index contributed by atoms with van der Waals surface area (Å²) < 4.78 is 11.1. The van der Waals surface area contributed by atoms with Crippen LogP contribution in [0.2, 0.25) is 0 Å². The molecule has 0 aliphatic heterocycles. The number of aromatic nitrogens is 1. The Kier molecular flexibility index (Phi) is 4.75. The summed E-state index contributed by atoms with van der Waals surface area (Å²) in [6.07, 6.45) is 4.23. The number of hydrogen-bond donors (Lipinski definition) is 1. The van der Waals surface area contributed by atoms with Gasteiger partial charge < -0.3 is 15.2 Å². The number of rotatable bonds is 6. The highest BCUT2D eigenvalue weighted by Gasteiger charge is 2.12. The van der Waals surface area contributed by atoms with E-state index in [-0.39, 0.29) is 6.10 Å². The van der Waals surface area contributed by atoms with E-state index in [1.807, 2.05) is 36.4 Å². The minimum Gasteiger partial charge on any atom is -0.497 e. The number of benzene rings is 1. The highest BCUT2D eigenvalue weighted by Crippen LogP contribution is 2.25. The van der Waals surface area contributed by atoms with Crippen LogP contribution in [0.4, 0.5) is 0 Å². The first-order valence-corrected chi connectivity index (χ1v) is 6.24. The zero-order valence-corrected chi connectivity index (χ0v) is 11.0. The van der Waals surface area contributed by atoms with Crippen LogP contribution in [0.3, 0.4) is 0 Å². The maximum Gasteiger partial charge on any atom is 0.125 e. The first kappa shape index (κ1) is 13.4. The van der Waals surface area contributed by atoms with E-state index in [0.717, 1.165) is 23.5 Å². The topological polar surface area (TPSA) is 57.4 Å². The van der Waals surface area contributed by atoms with Gasteiger partial charge in [0.25, 0.3) is 0 Å². The predicted octanol–water partition coefficient (Wildman–Crippen LogP) is 2.56. The van der Waals surface area contributed by atoms with Crippen LogP contribution in [-0.2, 0) is 0 Å². The minimum atomic E-state index is -0.0543. The summed E-state index contributed by atoms with van der Waals surface area (Å²) in [7, 11) is 1.64. The average molecular weight is 258 g/mol. The van der Waals surface area contributed by atoms with Crippen LogP contribution in [0.25, 0.3) is 0 Å². The molecule has 0 aliphatic rings. The van der Waals surface area contributed by atoms with Crippen molar-refractivity contribution >= 4 is 0 Å². The second-order valence-corrected chi connectivity index (χ2v) is 4.14. The van der Waals surface area contributed by atoms with Gasteiger partial charge in [-0.25, -0.2) is 0 Å². The number of pyridine rings is 1. The Balaban J connectivity index is 2.11. The third kappa shape index (κ3) is 3.69. The molecule has 0 bridgehead atoms. The summed E-state index contributed by atoms with van der Waals surface area (Å²) in [6, 6.07) is 11.4. The second-order valence-electron chi connectivity index (χ2n) is 4.14. The fourth-order valence-electron chi connectivity index (χ4n) is 1.84. The number of methoxy groups -OCH3 is 1. The molecule has 0 amide bonds. The molecule has 100 valence electrons. The van der Waals surface area contributed by atoms with Crippen molar-refractivity contribution in [2.75, 3.05) is 13.7 Å². The molecule has 4 nitrogen and oxygen atoms in total. The second kappa shape index (κ2) is 6.75. The summed E-state index contributed by atoms with van der Waals surface area (Å²) >= 11 is 0. The van der Waals surface area contributed by atoms with E-state index in [9.17, 15) is 0 Å². The quantitative estimate of drug-likeness (QED) is 0.865. The van der Waals surface area contributed by atoms with Gasteiger partial charge in [0, 0.05) is 18.8 Å². The van der Waals surface area contributed by atoms with Crippen LogP contribution in [0.5, 0.6) is 11.5 Å². The SMILES string of the molecule is COc1ccc(OC(CCN)c2ccncc2)cc1. The molecule has 0 spiro atoms. The molecule has 1 aromatic heterocycles. The first-order chi connectivity index (χ1) is 9.33. The Morgan fingerprint density at radius 3 is 2.26 bits per heavy atom. The molecule has 2 aromatic rings. The lowest BCUT2D eigenvalue weighted by Crippen LogP contribution is -2.13. The zero-order chi connectivity index (χ0) is 13.5. The smallest absolute Gasteiger partial charge is 0.125 e. The number of hydrogen-bond acceptors (Lipinski definition) is 4. The predicted molar refractivity (Wildman–Crippen MR) is 74.3 cm³/mol. The van der Waals surface area contributed by atoms with Gasteiger partial charge in [-0.1, -0.05) is 0 Å². The van der Waals surface area contributed by atoms with Crippen molar-refractivity contribution in [3.05, 3.63) is 54.4 Å². The molecule has 0 radical (unpaired) electrons. The standard InChI is InChI=1S/C15H18N2O2/c1-18-13-2-4-14(5-3-13)19-15(6-9-16)12-7-10-17-11-8-12/h2-5,7-8,10-11,15H,6,9,16H2,1H3. The number of ether oxygens (including phenoxy) is 2. The minimum absolute atomic E-state index is 0.0543. The monoisotopic (exact) mass is 258 g/mol. The van der Waals surface area contributed by atoms with Crippen LogP contribution >= 0.6 is 0 Å². The number of nitrogens with two attached hydrogens (primary N) is 1. The Morgan fingerprint density at radius 2 is 1.68 bits per heavy atom. The van der Waals surface area contributed by atoms with Crippen LogP contribution in [0.1, 0.15) is 18.1 Å². The lowest BCUT2D eigenvalue weighted by molar-refractivity contribution is 0.197. The van der Waals surface area contributed by atoms with Crippen molar-refractivity contribution in [1.29, 1.82) is 0 Å². The Morgan fingerprint density at radius 1 is 1.05 bits per heavy atom. The molecule has 1 atom stereocenters. The molecule has 4 heteroatoms. The van der Waals surface area contributed by atoms with Crippen LogP contribution in [0.15, 0.2) is 48.8 Å². The fourth-order valence-corrected chi connectivity index (χ4v) is 1.84. The molecule has 1 aromatic carbocycles. The average Bonchev–Trinajstić information content (AvgIpc) is 2.48. The molecule has 0 saturated carbocycles. The molecule has 1 unspecified atom stereocenters. The van der Waals surface area contributed by atoms with Crippen LogP contribution in [-0.4, -0.2) is 18.6 Å². The molecule has 1 heterocycles. The van der Waals surface area contributed by atoms with E-state index >= 15 is 0 Å². The van der Waals surface area contributed by atoms with Crippen molar-refractivity contribution in [1.82, 2.24) is 4.98 Å². The molecule has 2 rings (SSSR count). The van der Waals surface area contributed by atoms with Gasteiger partial charge in [-0.2, -0.15) is 0 Å². The van der Waals surface area contributed by atoms with E-state index in [4.69, 9.17) is 15.2 Å². The first-order valence-electron chi connectivity index (χ1n) is 6.24. The van der Waals surface area contributed by atoms with Gasteiger partial charge in [0.1, 0.15) is 17.6 Å². The Labute approximate surface area is 113 Å². The molecule has 19 heavy (non-hydrogen) atoms. The summed E-state index contributed by atoms with van der Waals surface area (Å²) in [6.45, 7) is 0.573. The third-order valence-corrected chi connectivity index (χ3v) is 2.84. The van der Waals surface area contributed by atoms with Gasteiger partial charge in [-0.3, -0.25) is 4.98 Å². The van der Waals surface area contributed by atoms with Gasteiger partial charge in [0.2, 0.25) is 0 Å². The highest BCUT2D eigenvalue weighted by atomic mass is 16.5.